The molecule has 0 radical (unpaired) electrons. The molecule has 2 aromatic rings. The summed E-state index contributed by atoms with van der Waals surface area (Å²) in [6.45, 7) is 2.92. The van der Waals surface area contributed by atoms with Gasteiger partial charge in [0.2, 0.25) is 0 Å². The minimum atomic E-state index is 0.796. The van der Waals surface area contributed by atoms with E-state index in [1.165, 1.54) is 5.56 Å². The summed E-state index contributed by atoms with van der Waals surface area (Å²) in [7, 11) is 0. The minimum absolute atomic E-state index is 0.796. The topological polar surface area (TPSA) is 50.9 Å². The zero-order chi connectivity index (χ0) is 11.4. The smallest absolute Gasteiger partial charge is 0.0942 e. The second-order valence-corrected chi connectivity index (χ2v) is 4.67. The fourth-order valence-corrected chi connectivity index (χ4v) is 2.12. The van der Waals surface area contributed by atoms with Gasteiger partial charge >= 0.3 is 0 Å². The number of nitrogens with one attached hydrogen (secondary N) is 1. The second-order valence-electron chi connectivity index (χ2n) is 3.69. The number of aryl methyl sites for hydroxylation is 1. The lowest BCUT2D eigenvalue weighted by Gasteiger charge is -2.09. The molecule has 1 aromatic heterocycles. The number of rotatable bonds is 4. The molecule has 0 amide bonds. The van der Waals surface area contributed by atoms with Crippen LogP contribution in [0, 0.1) is 6.92 Å². The van der Waals surface area contributed by atoms with Gasteiger partial charge < -0.3 is 11.1 Å². The highest BCUT2D eigenvalue weighted by Crippen LogP contribution is 2.19. The summed E-state index contributed by atoms with van der Waals surface area (Å²) >= 11 is 1.68. The van der Waals surface area contributed by atoms with Gasteiger partial charge in [-0.05, 0) is 24.6 Å². The van der Waals surface area contributed by atoms with Crippen LogP contribution in [-0.4, -0.2) is 11.5 Å². The molecule has 1 heterocycles. The highest BCUT2D eigenvalue weighted by molar-refractivity contribution is 7.09. The number of aromatic nitrogens is 1. The molecule has 0 atom stereocenters. The lowest BCUT2D eigenvalue weighted by atomic mass is 10.2. The Morgan fingerprint density at radius 1 is 1.44 bits per heavy atom. The zero-order valence-electron chi connectivity index (χ0n) is 9.23. The Morgan fingerprint density at radius 2 is 2.31 bits per heavy atom. The standard InChI is InChI=1S/C12H15N3S/c1-9-2-3-10(13)11(8-9)14-5-4-12-15-6-7-16-12/h2-3,6-8,14H,4-5,13H2,1H3. The predicted octanol–water partition coefficient (Wildman–Crippen LogP) is 2.69. The van der Waals surface area contributed by atoms with E-state index in [2.05, 4.69) is 23.3 Å². The molecule has 3 N–H and O–H groups in total. The first kappa shape index (κ1) is 11.0. The third kappa shape index (κ3) is 2.73. The van der Waals surface area contributed by atoms with Gasteiger partial charge in [0.1, 0.15) is 0 Å². The van der Waals surface area contributed by atoms with Crippen molar-refractivity contribution in [2.75, 3.05) is 17.6 Å². The summed E-state index contributed by atoms with van der Waals surface area (Å²) in [4.78, 5) is 4.23. The van der Waals surface area contributed by atoms with E-state index in [0.29, 0.717) is 0 Å². The van der Waals surface area contributed by atoms with Crippen LogP contribution < -0.4 is 11.1 Å². The maximum Gasteiger partial charge on any atom is 0.0942 e. The van der Waals surface area contributed by atoms with Gasteiger partial charge in [-0.15, -0.1) is 11.3 Å². The number of hydrogen-bond acceptors (Lipinski definition) is 4. The molecule has 0 aliphatic carbocycles. The van der Waals surface area contributed by atoms with Crippen molar-refractivity contribution in [1.82, 2.24) is 4.98 Å². The Labute approximate surface area is 99.3 Å². The molecule has 0 aliphatic heterocycles. The van der Waals surface area contributed by atoms with Crippen molar-refractivity contribution >= 4 is 22.7 Å². The maximum absolute atomic E-state index is 5.87. The van der Waals surface area contributed by atoms with Gasteiger partial charge in [-0.1, -0.05) is 6.07 Å². The molecule has 1 aromatic carbocycles. The highest BCUT2D eigenvalue weighted by atomic mass is 32.1. The van der Waals surface area contributed by atoms with Gasteiger partial charge in [-0.3, -0.25) is 0 Å². The third-order valence-corrected chi connectivity index (χ3v) is 3.19. The monoisotopic (exact) mass is 233 g/mol. The van der Waals surface area contributed by atoms with E-state index in [-0.39, 0.29) is 0 Å². The Kier molecular flexibility index (Phi) is 3.41. The fraction of sp³-hybridized carbons (Fsp3) is 0.250. The van der Waals surface area contributed by atoms with Crippen molar-refractivity contribution < 1.29 is 0 Å². The average Bonchev–Trinajstić information content (AvgIpc) is 2.76. The molecular weight excluding hydrogens is 218 g/mol. The number of nitrogen functional groups attached to an aromatic ring is 1. The van der Waals surface area contributed by atoms with Crippen molar-refractivity contribution in [2.45, 2.75) is 13.3 Å². The number of thiazole rings is 1. The van der Waals surface area contributed by atoms with Crippen LogP contribution in [0.1, 0.15) is 10.6 Å². The number of benzene rings is 1. The Morgan fingerprint density at radius 3 is 3.06 bits per heavy atom. The van der Waals surface area contributed by atoms with Crippen LogP contribution in [0.15, 0.2) is 29.8 Å². The van der Waals surface area contributed by atoms with Gasteiger partial charge in [0.15, 0.2) is 0 Å². The first-order valence-corrected chi connectivity index (χ1v) is 6.12. The van der Waals surface area contributed by atoms with Gasteiger partial charge in [-0.25, -0.2) is 4.98 Å². The third-order valence-electron chi connectivity index (χ3n) is 2.35. The van der Waals surface area contributed by atoms with E-state index in [1.807, 2.05) is 23.7 Å². The number of nitrogens with zero attached hydrogens (tertiary/aromatic N) is 1. The lowest BCUT2D eigenvalue weighted by molar-refractivity contribution is 0.998. The predicted molar refractivity (Wildman–Crippen MR) is 69.9 cm³/mol. The van der Waals surface area contributed by atoms with Crippen LogP contribution in [0.2, 0.25) is 0 Å². The Bertz CT molecular complexity index is 451. The quantitative estimate of drug-likeness (QED) is 0.798. The summed E-state index contributed by atoms with van der Waals surface area (Å²) in [5.41, 5.74) is 8.89. The first-order chi connectivity index (χ1) is 7.75. The summed E-state index contributed by atoms with van der Waals surface area (Å²) in [6, 6.07) is 6.01. The normalized spacial score (nSPS) is 10.3. The lowest BCUT2D eigenvalue weighted by Crippen LogP contribution is -2.06. The summed E-state index contributed by atoms with van der Waals surface area (Å²) < 4.78 is 0. The number of anilines is 2. The molecule has 0 fully saturated rings. The molecule has 0 saturated heterocycles. The van der Waals surface area contributed by atoms with Crippen molar-refractivity contribution in [2.24, 2.45) is 0 Å². The van der Waals surface area contributed by atoms with Crippen molar-refractivity contribution in [3.05, 3.63) is 40.3 Å². The van der Waals surface area contributed by atoms with Crippen LogP contribution in [0.25, 0.3) is 0 Å². The van der Waals surface area contributed by atoms with E-state index in [1.54, 1.807) is 11.3 Å². The molecule has 2 rings (SSSR count). The highest BCUT2D eigenvalue weighted by Gasteiger charge is 1.99. The van der Waals surface area contributed by atoms with Gasteiger partial charge in [-0.2, -0.15) is 0 Å². The number of hydrogen-bond donors (Lipinski definition) is 2. The van der Waals surface area contributed by atoms with Crippen molar-refractivity contribution in [1.29, 1.82) is 0 Å². The summed E-state index contributed by atoms with van der Waals surface area (Å²) in [5.74, 6) is 0. The molecule has 16 heavy (non-hydrogen) atoms. The SMILES string of the molecule is Cc1ccc(N)c(NCCc2nccs2)c1. The van der Waals surface area contributed by atoms with Crippen LogP contribution >= 0.6 is 11.3 Å². The molecule has 0 bridgehead atoms. The largest absolute Gasteiger partial charge is 0.397 e. The first-order valence-electron chi connectivity index (χ1n) is 5.24. The van der Waals surface area contributed by atoms with Gasteiger partial charge in [0.25, 0.3) is 0 Å². The average molecular weight is 233 g/mol. The Hall–Kier alpha value is -1.55. The van der Waals surface area contributed by atoms with Crippen LogP contribution in [0.4, 0.5) is 11.4 Å². The van der Waals surface area contributed by atoms with Crippen LogP contribution in [-0.2, 0) is 6.42 Å². The molecule has 0 aliphatic rings. The molecule has 0 saturated carbocycles. The van der Waals surface area contributed by atoms with Crippen LogP contribution in [0.5, 0.6) is 0 Å². The summed E-state index contributed by atoms with van der Waals surface area (Å²) in [5, 5.41) is 6.48. The van der Waals surface area contributed by atoms with E-state index in [4.69, 9.17) is 5.73 Å². The molecule has 84 valence electrons. The maximum atomic E-state index is 5.87. The molecule has 0 spiro atoms. The summed E-state index contributed by atoms with van der Waals surface area (Å²) in [6.07, 6.45) is 2.77. The van der Waals surface area contributed by atoms with E-state index < -0.39 is 0 Å². The van der Waals surface area contributed by atoms with E-state index >= 15 is 0 Å². The fourth-order valence-electron chi connectivity index (χ4n) is 1.50. The molecule has 0 unspecified atom stereocenters. The molecular formula is C12H15N3S. The zero-order valence-corrected chi connectivity index (χ0v) is 10.1. The molecule has 3 nitrogen and oxygen atoms in total. The van der Waals surface area contributed by atoms with E-state index in [0.717, 1.165) is 29.3 Å². The minimum Gasteiger partial charge on any atom is -0.397 e. The second kappa shape index (κ2) is 4.99. The van der Waals surface area contributed by atoms with E-state index in [9.17, 15) is 0 Å². The number of nitrogens with two attached hydrogens (primary N) is 1. The van der Waals surface area contributed by atoms with Gasteiger partial charge in [0.05, 0.1) is 16.4 Å². The van der Waals surface area contributed by atoms with Crippen molar-refractivity contribution in [3.8, 4) is 0 Å². The van der Waals surface area contributed by atoms with Crippen LogP contribution in [0.3, 0.4) is 0 Å². The molecule has 4 heteroatoms. The Balaban J connectivity index is 1.92. The van der Waals surface area contributed by atoms with Crippen molar-refractivity contribution in [3.63, 3.8) is 0 Å². The van der Waals surface area contributed by atoms with Gasteiger partial charge in [0, 0.05) is 24.5 Å².